The SMILES string of the molecule is Cc1ccc2c(c1)[Si]1(c3ccccc3-c3ccc(N4c5ccccc5C5(c6cc(C(C)(C)C)ccc6Oc6ccc(C(C)(C)C)cc65)c5ccc6c(c54)OC4C=CC=CC64)cc31)c1cc(C)ccc1-2. The highest BCUT2D eigenvalue weighted by Gasteiger charge is 2.57. The Labute approximate surface area is 407 Å². The summed E-state index contributed by atoms with van der Waals surface area (Å²) in [5.74, 6) is 2.85. The van der Waals surface area contributed by atoms with Crippen molar-refractivity contribution in [2.75, 3.05) is 4.90 Å². The van der Waals surface area contributed by atoms with Crippen LogP contribution in [0.2, 0.25) is 0 Å². The van der Waals surface area contributed by atoms with E-state index in [1.807, 2.05) is 0 Å². The van der Waals surface area contributed by atoms with Crippen molar-refractivity contribution in [2.45, 2.75) is 83.7 Å². The Morgan fingerprint density at radius 3 is 1.75 bits per heavy atom. The molecule has 2 unspecified atom stereocenters. The molecule has 336 valence electrons. The Morgan fingerprint density at radius 2 is 1.09 bits per heavy atom. The van der Waals surface area contributed by atoms with Gasteiger partial charge in [0.2, 0.25) is 0 Å². The molecular formula is C65H55NO2Si. The van der Waals surface area contributed by atoms with Gasteiger partial charge in [-0.1, -0.05) is 180 Å². The van der Waals surface area contributed by atoms with Crippen LogP contribution in [-0.4, -0.2) is 14.2 Å². The van der Waals surface area contributed by atoms with E-state index in [0.29, 0.717) is 0 Å². The molecule has 69 heavy (non-hydrogen) atoms. The van der Waals surface area contributed by atoms with Gasteiger partial charge in [0, 0.05) is 28.3 Å². The van der Waals surface area contributed by atoms with Crippen LogP contribution in [0.15, 0.2) is 176 Å². The molecule has 2 atom stereocenters. The third kappa shape index (κ3) is 5.28. The molecule has 5 aliphatic heterocycles. The fourth-order valence-electron chi connectivity index (χ4n) is 13.3. The zero-order valence-electron chi connectivity index (χ0n) is 40.7. The molecule has 0 amide bonds. The zero-order chi connectivity index (χ0) is 46.9. The van der Waals surface area contributed by atoms with Crippen LogP contribution in [0.1, 0.15) is 97.5 Å². The molecule has 0 N–H and O–H groups in total. The van der Waals surface area contributed by atoms with Crippen LogP contribution in [0.3, 0.4) is 0 Å². The molecule has 3 nitrogen and oxygen atoms in total. The lowest BCUT2D eigenvalue weighted by Gasteiger charge is -2.49. The maximum absolute atomic E-state index is 7.40. The van der Waals surface area contributed by atoms with E-state index in [2.05, 4.69) is 236 Å². The van der Waals surface area contributed by atoms with Gasteiger partial charge in [0.15, 0.2) is 8.07 Å². The second kappa shape index (κ2) is 13.8. The minimum Gasteiger partial charge on any atom is -0.483 e. The summed E-state index contributed by atoms with van der Waals surface area (Å²) >= 11 is 0. The second-order valence-electron chi connectivity index (χ2n) is 22.5. The molecule has 1 aliphatic carbocycles. The normalized spacial score (nSPS) is 18.5. The van der Waals surface area contributed by atoms with Crippen LogP contribution in [0.25, 0.3) is 22.3 Å². The Hall–Kier alpha value is -7.14. The van der Waals surface area contributed by atoms with Crippen LogP contribution < -0.4 is 35.1 Å². The molecular weight excluding hydrogens is 855 g/mol. The number of hydrogen-bond acceptors (Lipinski definition) is 3. The Kier molecular flexibility index (Phi) is 8.16. The first-order valence-corrected chi connectivity index (χ1v) is 26.8. The summed E-state index contributed by atoms with van der Waals surface area (Å²) in [4.78, 5) is 2.59. The largest absolute Gasteiger partial charge is 0.483 e. The molecule has 2 spiro atoms. The van der Waals surface area contributed by atoms with Gasteiger partial charge in [-0.15, -0.1) is 0 Å². The van der Waals surface area contributed by atoms with Crippen molar-refractivity contribution in [1.29, 1.82) is 0 Å². The number of anilines is 3. The number of fused-ring (bicyclic) bond motifs is 22. The summed E-state index contributed by atoms with van der Waals surface area (Å²) in [7, 11) is -2.81. The van der Waals surface area contributed by atoms with Gasteiger partial charge in [-0.25, -0.2) is 0 Å². The van der Waals surface area contributed by atoms with Crippen LogP contribution in [0.4, 0.5) is 17.1 Å². The van der Waals surface area contributed by atoms with Crippen LogP contribution in [0, 0.1) is 13.8 Å². The average Bonchev–Trinajstić information content (AvgIpc) is 3.96. The third-order valence-corrected chi connectivity index (χ3v) is 21.4. The van der Waals surface area contributed by atoms with Gasteiger partial charge in [-0.3, -0.25) is 0 Å². The van der Waals surface area contributed by atoms with Crippen molar-refractivity contribution < 1.29 is 9.47 Å². The first-order valence-electron chi connectivity index (χ1n) is 24.8. The maximum Gasteiger partial charge on any atom is 0.182 e. The van der Waals surface area contributed by atoms with Gasteiger partial charge in [0.05, 0.1) is 16.8 Å². The monoisotopic (exact) mass is 909 g/mol. The van der Waals surface area contributed by atoms with Crippen LogP contribution >= 0.6 is 0 Å². The molecule has 8 aromatic rings. The van der Waals surface area contributed by atoms with E-state index < -0.39 is 13.5 Å². The van der Waals surface area contributed by atoms with Gasteiger partial charge < -0.3 is 14.4 Å². The van der Waals surface area contributed by atoms with Crippen LogP contribution in [-0.2, 0) is 16.2 Å². The minimum atomic E-state index is -2.81. The van der Waals surface area contributed by atoms with Crippen molar-refractivity contribution in [2.24, 2.45) is 0 Å². The van der Waals surface area contributed by atoms with E-state index in [0.717, 1.165) is 45.4 Å². The number of allylic oxidation sites excluding steroid dienone is 2. The Morgan fingerprint density at radius 1 is 0.507 bits per heavy atom. The van der Waals surface area contributed by atoms with Crippen molar-refractivity contribution in [3.8, 4) is 39.5 Å². The highest BCUT2D eigenvalue weighted by molar-refractivity contribution is 7.24. The lowest BCUT2D eigenvalue weighted by atomic mass is 9.60. The third-order valence-electron chi connectivity index (χ3n) is 16.5. The lowest BCUT2D eigenvalue weighted by molar-refractivity contribution is 0.269. The van der Waals surface area contributed by atoms with E-state index in [1.54, 1.807) is 0 Å². The standard InChI is InChI=1S/C65H55NO2Si/c1-38-21-26-45-46-27-22-39(2)34-59(46)69(58(45)33-38)57-20-14-10-16-44(57)47-28-25-42(37-60(47)69)66-53-18-12-11-17-49(53)65(50-30-29-48-43-15-9-13-19-54(43)68-62(48)61(50)66)51-35-40(63(3,4)5)23-31-55(51)67-56-32-24-41(36-52(56)65)64(6,7)8/h9-37,43,54H,1-8H3. The fourth-order valence-corrected chi connectivity index (χ4v) is 19.1. The van der Waals surface area contributed by atoms with Gasteiger partial charge in [0.25, 0.3) is 0 Å². The maximum atomic E-state index is 7.40. The van der Waals surface area contributed by atoms with Crippen molar-refractivity contribution in [3.05, 3.63) is 226 Å². The number of nitrogens with zero attached hydrogens (tertiary/aromatic N) is 1. The quantitative estimate of drug-likeness (QED) is 0.153. The van der Waals surface area contributed by atoms with Gasteiger partial charge in [-0.05, 0) is 138 Å². The second-order valence-corrected chi connectivity index (χ2v) is 26.2. The van der Waals surface area contributed by atoms with E-state index >= 15 is 0 Å². The highest BCUT2D eigenvalue weighted by Crippen LogP contribution is 2.66. The highest BCUT2D eigenvalue weighted by atomic mass is 28.3. The fraction of sp³-hybridized carbons (Fsp3) is 0.200. The summed E-state index contributed by atoms with van der Waals surface area (Å²) in [5, 5.41) is 5.93. The first kappa shape index (κ1) is 40.9. The van der Waals surface area contributed by atoms with E-state index in [9.17, 15) is 0 Å². The summed E-state index contributed by atoms with van der Waals surface area (Å²) in [6, 6.07) is 59.1. The van der Waals surface area contributed by atoms with Crippen LogP contribution in [0.5, 0.6) is 17.2 Å². The lowest BCUT2D eigenvalue weighted by Crippen LogP contribution is -2.70. The first-order chi connectivity index (χ1) is 33.3. The summed E-state index contributed by atoms with van der Waals surface area (Å²) < 4.78 is 14.5. The minimum absolute atomic E-state index is 0.0936. The number of aryl methyl sites for hydroxylation is 2. The topological polar surface area (TPSA) is 21.7 Å². The van der Waals surface area contributed by atoms with Gasteiger partial charge >= 0.3 is 0 Å². The molecule has 14 rings (SSSR count). The predicted molar refractivity (Wildman–Crippen MR) is 287 cm³/mol. The summed E-state index contributed by atoms with van der Waals surface area (Å²) in [5.41, 5.74) is 19.0. The molecule has 6 aliphatic rings. The number of hydrogen-bond donors (Lipinski definition) is 0. The Balaban J connectivity index is 1.11. The molecule has 4 heteroatoms. The molecule has 0 fully saturated rings. The summed E-state index contributed by atoms with van der Waals surface area (Å²) in [6.45, 7) is 18.4. The molecule has 8 aromatic carbocycles. The van der Waals surface area contributed by atoms with Gasteiger partial charge in [0.1, 0.15) is 23.4 Å². The molecule has 5 heterocycles. The number of rotatable bonds is 1. The molecule has 0 bridgehead atoms. The van der Waals surface area contributed by atoms with Gasteiger partial charge in [-0.2, -0.15) is 0 Å². The predicted octanol–water partition coefficient (Wildman–Crippen LogP) is 13.5. The molecule has 0 saturated heterocycles. The number of para-hydroxylation sites is 1. The smallest absolute Gasteiger partial charge is 0.182 e. The molecule has 0 aromatic heterocycles. The van der Waals surface area contributed by atoms with E-state index in [1.165, 1.54) is 81.9 Å². The molecule has 0 saturated carbocycles. The molecule has 0 radical (unpaired) electrons. The summed E-state index contributed by atoms with van der Waals surface area (Å²) in [6.07, 6.45) is 8.79. The van der Waals surface area contributed by atoms with Crippen molar-refractivity contribution in [1.82, 2.24) is 0 Å². The van der Waals surface area contributed by atoms with E-state index in [-0.39, 0.29) is 22.9 Å². The number of benzene rings is 8. The zero-order valence-corrected chi connectivity index (χ0v) is 41.7. The average molecular weight is 910 g/mol. The van der Waals surface area contributed by atoms with Crippen molar-refractivity contribution in [3.63, 3.8) is 0 Å². The van der Waals surface area contributed by atoms with Crippen molar-refractivity contribution >= 4 is 45.9 Å². The number of ether oxygens (including phenoxy) is 2. The van der Waals surface area contributed by atoms with E-state index in [4.69, 9.17) is 9.47 Å². The Bertz CT molecular complexity index is 3540.